The van der Waals surface area contributed by atoms with Crippen molar-refractivity contribution in [2.45, 2.75) is 24.6 Å². The highest BCUT2D eigenvalue weighted by molar-refractivity contribution is 9.10. The average Bonchev–Trinajstić information content (AvgIpc) is 2.40. The van der Waals surface area contributed by atoms with Gasteiger partial charge in [0.05, 0.1) is 0 Å². The van der Waals surface area contributed by atoms with E-state index in [1.807, 2.05) is 0 Å². The zero-order chi connectivity index (χ0) is 13.5. The molecular weight excluding hydrogens is 320 g/mol. The minimum Gasteiger partial charge on any atom is -0.317 e. The lowest BCUT2D eigenvalue weighted by molar-refractivity contribution is 0.348. The van der Waals surface area contributed by atoms with Gasteiger partial charge in [0.1, 0.15) is 0 Å². The average molecular weight is 343 g/mol. The highest BCUT2D eigenvalue weighted by atomic mass is 79.9. The molecule has 0 radical (unpaired) electrons. The molecule has 0 aromatic heterocycles. The van der Waals surface area contributed by atoms with Gasteiger partial charge in [-0.05, 0) is 50.7 Å². The van der Waals surface area contributed by atoms with Crippen LogP contribution in [-0.4, -0.2) is 42.6 Å². The molecule has 19 heavy (non-hydrogen) atoms. The van der Waals surface area contributed by atoms with Crippen molar-refractivity contribution in [2.24, 2.45) is 0 Å². The van der Waals surface area contributed by atoms with Crippen LogP contribution in [0.4, 0.5) is 0 Å². The number of nitrogens with zero attached hydrogens (tertiary/aromatic N) is 1. The third-order valence-corrected chi connectivity index (χ3v) is 5.31. The Hall–Kier alpha value is -0.0300. The standard InChI is InChI=1S/C15H23BrN2S/c1-18(12-13-3-2-4-14(16)11-13)9-10-19-15-5-7-17-8-6-15/h2-4,11,15,17H,5-10,12H2,1H3. The minimum atomic E-state index is 0.875. The van der Waals surface area contributed by atoms with Crippen LogP contribution in [-0.2, 0) is 6.54 Å². The van der Waals surface area contributed by atoms with Crippen LogP contribution in [0.2, 0.25) is 0 Å². The van der Waals surface area contributed by atoms with E-state index < -0.39 is 0 Å². The number of halogens is 1. The van der Waals surface area contributed by atoms with Crippen molar-refractivity contribution in [3.63, 3.8) is 0 Å². The second-order valence-electron chi connectivity index (χ2n) is 5.19. The lowest BCUT2D eigenvalue weighted by atomic mass is 10.2. The second kappa shape index (κ2) is 8.30. The molecule has 0 atom stereocenters. The minimum absolute atomic E-state index is 0.875. The number of thioether (sulfide) groups is 1. The predicted molar refractivity (Wildman–Crippen MR) is 88.8 cm³/mol. The summed E-state index contributed by atoms with van der Waals surface area (Å²) in [6.07, 6.45) is 2.67. The largest absolute Gasteiger partial charge is 0.317 e. The van der Waals surface area contributed by atoms with Crippen molar-refractivity contribution in [2.75, 3.05) is 32.4 Å². The summed E-state index contributed by atoms with van der Waals surface area (Å²) in [5.74, 6) is 1.25. The maximum Gasteiger partial charge on any atom is 0.0231 e. The number of benzene rings is 1. The monoisotopic (exact) mass is 342 g/mol. The molecule has 1 saturated heterocycles. The van der Waals surface area contributed by atoms with Gasteiger partial charge >= 0.3 is 0 Å². The van der Waals surface area contributed by atoms with Crippen LogP contribution >= 0.6 is 27.7 Å². The van der Waals surface area contributed by atoms with E-state index in [1.165, 1.54) is 48.3 Å². The molecule has 1 heterocycles. The fraction of sp³-hybridized carbons (Fsp3) is 0.600. The quantitative estimate of drug-likeness (QED) is 0.853. The Morgan fingerprint density at radius 3 is 2.89 bits per heavy atom. The Kier molecular flexibility index (Phi) is 6.71. The molecule has 1 aliphatic heterocycles. The first-order valence-electron chi connectivity index (χ1n) is 6.99. The Morgan fingerprint density at radius 1 is 1.37 bits per heavy atom. The van der Waals surface area contributed by atoms with Crippen LogP contribution in [0, 0.1) is 0 Å². The van der Waals surface area contributed by atoms with Gasteiger partial charge in [-0.25, -0.2) is 0 Å². The summed E-state index contributed by atoms with van der Waals surface area (Å²) >= 11 is 5.68. The van der Waals surface area contributed by atoms with Crippen molar-refractivity contribution < 1.29 is 0 Å². The van der Waals surface area contributed by atoms with E-state index in [9.17, 15) is 0 Å². The van der Waals surface area contributed by atoms with Gasteiger partial charge in [-0.2, -0.15) is 11.8 Å². The lowest BCUT2D eigenvalue weighted by Crippen LogP contribution is -2.30. The lowest BCUT2D eigenvalue weighted by Gasteiger charge is -2.23. The zero-order valence-corrected chi connectivity index (χ0v) is 14.0. The van der Waals surface area contributed by atoms with Crippen LogP contribution in [0.1, 0.15) is 18.4 Å². The molecule has 1 aromatic rings. The van der Waals surface area contributed by atoms with Crippen molar-refractivity contribution >= 4 is 27.7 Å². The number of hydrogen-bond donors (Lipinski definition) is 1. The smallest absolute Gasteiger partial charge is 0.0231 e. The Bertz CT molecular complexity index is 380. The molecule has 0 spiro atoms. The first kappa shape index (κ1) is 15.4. The van der Waals surface area contributed by atoms with Crippen molar-refractivity contribution in [1.29, 1.82) is 0 Å². The van der Waals surface area contributed by atoms with Gasteiger partial charge in [0.15, 0.2) is 0 Å². The molecule has 1 N–H and O–H groups in total. The summed E-state index contributed by atoms with van der Waals surface area (Å²) < 4.78 is 1.17. The molecule has 0 aliphatic carbocycles. The third kappa shape index (κ3) is 5.86. The Labute approximate surface area is 129 Å². The maximum atomic E-state index is 3.53. The van der Waals surface area contributed by atoms with Gasteiger partial charge in [-0.15, -0.1) is 0 Å². The fourth-order valence-electron chi connectivity index (χ4n) is 2.36. The predicted octanol–water partition coefficient (Wildman–Crippen LogP) is 3.37. The normalized spacial score (nSPS) is 17.0. The molecule has 2 rings (SSSR count). The number of piperidine rings is 1. The van der Waals surface area contributed by atoms with Gasteiger partial charge in [0.25, 0.3) is 0 Å². The first-order chi connectivity index (χ1) is 9.24. The molecule has 1 aromatic carbocycles. The molecular formula is C15H23BrN2S. The fourth-order valence-corrected chi connectivity index (χ4v) is 4.13. The molecule has 0 amide bonds. The van der Waals surface area contributed by atoms with Gasteiger partial charge in [-0.1, -0.05) is 28.1 Å². The number of nitrogens with one attached hydrogen (secondary N) is 1. The number of rotatable bonds is 6. The van der Waals surface area contributed by atoms with E-state index in [-0.39, 0.29) is 0 Å². The van der Waals surface area contributed by atoms with Gasteiger partial charge in [-0.3, -0.25) is 0 Å². The van der Waals surface area contributed by atoms with Gasteiger partial charge in [0.2, 0.25) is 0 Å². The molecule has 106 valence electrons. The van der Waals surface area contributed by atoms with Crippen LogP contribution in [0.25, 0.3) is 0 Å². The van der Waals surface area contributed by atoms with Crippen molar-refractivity contribution in [3.05, 3.63) is 34.3 Å². The van der Waals surface area contributed by atoms with Crippen molar-refractivity contribution in [3.8, 4) is 0 Å². The summed E-state index contributed by atoms with van der Waals surface area (Å²) in [4.78, 5) is 2.41. The third-order valence-electron chi connectivity index (χ3n) is 3.45. The molecule has 4 heteroatoms. The van der Waals surface area contributed by atoms with E-state index in [2.05, 4.69) is 69.2 Å². The van der Waals surface area contributed by atoms with Crippen molar-refractivity contribution in [1.82, 2.24) is 10.2 Å². The van der Waals surface area contributed by atoms with Gasteiger partial charge < -0.3 is 10.2 Å². The van der Waals surface area contributed by atoms with Crippen LogP contribution in [0.15, 0.2) is 28.7 Å². The summed E-state index contributed by atoms with van der Waals surface area (Å²) in [5.41, 5.74) is 1.38. The molecule has 2 nitrogen and oxygen atoms in total. The molecule has 0 saturated carbocycles. The van der Waals surface area contributed by atoms with Gasteiger partial charge in [0, 0.05) is 28.6 Å². The van der Waals surface area contributed by atoms with E-state index in [0.29, 0.717) is 0 Å². The highest BCUT2D eigenvalue weighted by Gasteiger charge is 2.13. The van der Waals surface area contributed by atoms with Crippen LogP contribution in [0.5, 0.6) is 0 Å². The van der Waals surface area contributed by atoms with Crippen LogP contribution < -0.4 is 5.32 Å². The summed E-state index contributed by atoms with van der Waals surface area (Å²) in [7, 11) is 2.21. The highest BCUT2D eigenvalue weighted by Crippen LogP contribution is 2.20. The van der Waals surface area contributed by atoms with E-state index in [4.69, 9.17) is 0 Å². The zero-order valence-electron chi connectivity index (χ0n) is 11.6. The first-order valence-corrected chi connectivity index (χ1v) is 8.83. The van der Waals surface area contributed by atoms with E-state index in [0.717, 1.165) is 11.8 Å². The SMILES string of the molecule is CN(CCSC1CCNCC1)Cc1cccc(Br)c1. The molecule has 0 bridgehead atoms. The maximum absolute atomic E-state index is 3.53. The summed E-state index contributed by atoms with van der Waals surface area (Å²) in [6.45, 7) is 4.60. The molecule has 1 fully saturated rings. The Balaban J connectivity index is 1.65. The summed E-state index contributed by atoms with van der Waals surface area (Å²) in [5, 5.41) is 4.30. The Morgan fingerprint density at radius 2 is 2.16 bits per heavy atom. The molecule has 0 unspecified atom stereocenters. The van der Waals surface area contributed by atoms with E-state index in [1.54, 1.807) is 0 Å². The van der Waals surface area contributed by atoms with E-state index >= 15 is 0 Å². The second-order valence-corrected chi connectivity index (χ2v) is 7.51. The topological polar surface area (TPSA) is 15.3 Å². The van der Waals surface area contributed by atoms with Crippen LogP contribution in [0.3, 0.4) is 0 Å². The number of hydrogen-bond acceptors (Lipinski definition) is 3. The summed E-state index contributed by atoms with van der Waals surface area (Å²) in [6, 6.07) is 8.59. The molecule has 1 aliphatic rings.